The van der Waals surface area contributed by atoms with Gasteiger partial charge in [0.25, 0.3) is 5.91 Å². The van der Waals surface area contributed by atoms with E-state index < -0.39 is 39.6 Å². The molecule has 2 unspecified atom stereocenters. The first-order valence-electron chi connectivity index (χ1n) is 11.5. The van der Waals surface area contributed by atoms with Crippen LogP contribution in [-0.4, -0.2) is 67.9 Å². The number of nitrogens with zero attached hydrogens (tertiary/aromatic N) is 2. The monoisotopic (exact) mass is 669 g/mol. The number of rotatable bonds is 3. The number of halogens is 1. The van der Waals surface area contributed by atoms with E-state index in [0.717, 1.165) is 0 Å². The van der Waals surface area contributed by atoms with E-state index in [0.29, 0.717) is 24.2 Å². The molecule has 14 heteroatoms. The number of likely N-dealkylation sites (N-methyl/N-ethyl adjacent to an activating group) is 1. The largest absolute Gasteiger partial charge is 1.00 e. The molecule has 11 nitrogen and oxygen atoms in total. The summed E-state index contributed by atoms with van der Waals surface area (Å²) in [4.78, 5) is 38.6. The van der Waals surface area contributed by atoms with Crippen LogP contribution < -0.4 is 89.0 Å². The number of benzene rings is 1. The van der Waals surface area contributed by atoms with Gasteiger partial charge in [0.05, 0.1) is 6.61 Å². The van der Waals surface area contributed by atoms with Crippen LogP contribution in [0.3, 0.4) is 0 Å². The van der Waals surface area contributed by atoms with Crippen LogP contribution in [0.1, 0.15) is 29.4 Å². The fourth-order valence-electron chi connectivity index (χ4n) is 4.43. The Morgan fingerprint density at radius 1 is 1.26 bits per heavy atom. The van der Waals surface area contributed by atoms with Crippen LogP contribution in [-0.2, 0) is 26.7 Å². The number of hydrogen-bond acceptors (Lipinski definition) is 6. The number of aromatic nitrogens is 1. The van der Waals surface area contributed by atoms with Crippen LogP contribution in [0.5, 0.6) is 5.75 Å². The zero-order chi connectivity index (χ0) is 26.2. The molecule has 0 bridgehead atoms. The minimum Gasteiger partial charge on any atom is -0.489 e. The summed E-state index contributed by atoms with van der Waals surface area (Å²) in [6.07, 6.45) is 1.68. The van der Waals surface area contributed by atoms with Crippen LogP contribution >= 0.6 is 0 Å². The molecule has 0 saturated carbocycles. The molecule has 3 heterocycles. The second-order valence-corrected chi connectivity index (χ2v) is 10.6. The van der Waals surface area contributed by atoms with E-state index in [4.69, 9.17) is 4.74 Å². The van der Waals surface area contributed by atoms with Crippen LogP contribution in [0.15, 0.2) is 29.3 Å². The van der Waals surface area contributed by atoms with Crippen molar-refractivity contribution >= 4 is 33.4 Å². The molecule has 3 N–H and O–H groups in total. The Morgan fingerprint density at radius 3 is 2.63 bits per heavy atom. The van der Waals surface area contributed by atoms with E-state index in [2.05, 4.69) is 15.4 Å². The number of likely N-dealkylation sites (tertiary alicyclic amines) is 1. The molecule has 2 aliphatic rings. The number of anilines is 1. The van der Waals surface area contributed by atoms with Crippen molar-refractivity contribution in [3.63, 3.8) is 0 Å². The first kappa shape index (κ1) is 32.8. The molecule has 1 aromatic carbocycles. The standard InChI is InChI=1S/C23H28FN5O6S.CH3.Cs/c1-4-25-22(31)23(32)29-8-7-14-12-35-20-18(36(33,34)27-17(14)10-29)11-28(3)19(20)21(30)26-15-5-6-16(24)13(2)9-15;;/h5-6,9,11,14,17,27H,4,7-8,10,12H2,1-3H3,(H,25,31)(H,26,30);1H3;/q;-1;+1. The number of ether oxygens (including phenoxy) is 1. The van der Waals surface area contributed by atoms with Gasteiger partial charge >= 0.3 is 80.7 Å². The van der Waals surface area contributed by atoms with Crippen LogP contribution in [0.4, 0.5) is 10.1 Å². The fourth-order valence-corrected chi connectivity index (χ4v) is 5.92. The van der Waals surface area contributed by atoms with Crippen molar-refractivity contribution in [2.45, 2.75) is 31.2 Å². The minimum absolute atomic E-state index is 0. The molecule has 0 radical (unpaired) electrons. The number of hydrogen-bond donors (Lipinski definition) is 3. The van der Waals surface area contributed by atoms with Gasteiger partial charge in [-0.1, -0.05) is 0 Å². The second kappa shape index (κ2) is 13.3. The van der Waals surface area contributed by atoms with Crippen molar-refractivity contribution < 1.29 is 101 Å². The maximum atomic E-state index is 13.6. The van der Waals surface area contributed by atoms with E-state index in [1.54, 1.807) is 13.8 Å². The summed E-state index contributed by atoms with van der Waals surface area (Å²) in [6.45, 7) is 3.95. The van der Waals surface area contributed by atoms with Gasteiger partial charge in [0, 0.05) is 50.5 Å². The van der Waals surface area contributed by atoms with Crippen molar-refractivity contribution in [2.24, 2.45) is 13.0 Å². The maximum absolute atomic E-state index is 13.6. The Labute approximate surface area is 280 Å². The Kier molecular flexibility index (Phi) is 11.5. The Bertz CT molecular complexity index is 1330. The smallest absolute Gasteiger partial charge is 0.489 e. The van der Waals surface area contributed by atoms with E-state index in [-0.39, 0.29) is 118 Å². The van der Waals surface area contributed by atoms with Gasteiger partial charge in [-0.15, -0.1) is 0 Å². The molecular formula is C24H31CsFN5O6S. The van der Waals surface area contributed by atoms with Gasteiger partial charge in [0.2, 0.25) is 10.0 Å². The van der Waals surface area contributed by atoms with Gasteiger partial charge in [0.15, 0.2) is 11.4 Å². The van der Waals surface area contributed by atoms with Crippen LogP contribution in [0.25, 0.3) is 0 Å². The van der Waals surface area contributed by atoms with Gasteiger partial charge in [-0.3, -0.25) is 14.4 Å². The first-order valence-corrected chi connectivity index (χ1v) is 13.0. The number of aryl methyl sites for hydroxylation is 2. The molecule has 1 aromatic heterocycles. The summed E-state index contributed by atoms with van der Waals surface area (Å²) < 4.78 is 50.1. The van der Waals surface area contributed by atoms with Crippen molar-refractivity contribution in [3.05, 3.63) is 48.9 Å². The average Bonchev–Trinajstić information content (AvgIpc) is 3.16. The Morgan fingerprint density at radius 2 is 1.97 bits per heavy atom. The molecule has 2 aromatic rings. The van der Waals surface area contributed by atoms with Gasteiger partial charge < -0.3 is 32.3 Å². The Balaban J connectivity index is 0.00000253. The molecule has 2 aliphatic heterocycles. The fraction of sp³-hybridized carbons (Fsp3) is 0.417. The van der Waals surface area contributed by atoms with Gasteiger partial charge in [-0.05, 0) is 44.0 Å². The molecule has 3 amide bonds. The molecule has 0 aliphatic carbocycles. The molecule has 1 fully saturated rings. The van der Waals surface area contributed by atoms with Crippen molar-refractivity contribution in [1.29, 1.82) is 0 Å². The zero-order valence-corrected chi connectivity index (χ0v) is 29.2. The SMILES string of the molecule is CCNC(=O)C(=O)N1CCC2COc3c(cn(C)c3C(=O)Nc3ccc(F)c(C)c3)S(=O)(=O)NC2C1.[CH3-].[Cs+]. The predicted molar refractivity (Wildman–Crippen MR) is 134 cm³/mol. The number of piperidine rings is 1. The third kappa shape index (κ3) is 6.84. The summed E-state index contributed by atoms with van der Waals surface area (Å²) in [5.74, 6) is -2.85. The summed E-state index contributed by atoms with van der Waals surface area (Å²) in [5.41, 5.74) is 0.700. The summed E-state index contributed by atoms with van der Waals surface area (Å²) in [6, 6.07) is 3.44. The molecular weight excluding hydrogens is 638 g/mol. The number of sulfonamides is 1. The van der Waals surface area contributed by atoms with Crippen molar-refractivity contribution in [3.8, 4) is 5.75 Å². The van der Waals surface area contributed by atoms with Gasteiger partial charge in [-0.2, -0.15) is 0 Å². The van der Waals surface area contributed by atoms with E-state index in [1.165, 1.54) is 40.9 Å². The third-order valence-corrected chi connectivity index (χ3v) is 7.83. The summed E-state index contributed by atoms with van der Waals surface area (Å²) in [7, 11) is -2.61. The van der Waals surface area contributed by atoms with Crippen molar-refractivity contribution in [2.75, 3.05) is 31.6 Å². The van der Waals surface area contributed by atoms with Gasteiger partial charge in [0.1, 0.15) is 10.7 Å². The molecule has 4 rings (SSSR count). The molecule has 0 spiro atoms. The number of carbonyl (C=O) groups is 3. The topological polar surface area (TPSA) is 139 Å². The minimum atomic E-state index is -4.14. The maximum Gasteiger partial charge on any atom is 1.00 e. The predicted octanol–water partition coefficient (Wildman–Crippen LogP) is -1.80. The van der Waals surface area contributed by atoms with E-state index in [1.807, 2.05) is 0 Å². The molecule has 1 saturated heterocycles. The zero-order valence-electron chi connectivity index (χ0n) is 22.1. The second-order valence-electron chi connectivity index (χ2n) is 8.90. The van der Waals surface area contributed by atoms with Crippen molar-refractivity contribution in [1.82, 2.24) is 19.5 Å². The summed E-state index contributed by atoms with van der Waals surface area (Å²) in [5, 5.41) is 5.11. The summed E-state index contributed by atoms with van der Waals surface area (Å²) >= 11 is 0. The van der Waals surface area contributed by atoms with Gasteiger partial charge in [-0.25, -0.2) is 17.5 Å². The number of carbonyl (C=O) groups excluding carboxylic acids is 3. The number of fused-ring (bicyclic) bond motifs is 2. The van der Waals surface area contributed by atoms with Crippen LogP contribution in [0, 0.1) is 26.1 Å². The average molecular weight is 670 g/mol. The number of amides is 3. The first-order chi connectivity index (χ1) is 17.0. The molecule has 38 heavy (non-hydrogen) atoms. The third-order valence-electron chi connectivity index (χ3n) is 6.35. The van der Waals surface area contributed by atoms with E-state index >= 15 is 0 Å². The van der Waals surface area contributed by atoms with Crippen LogP contribution in [0.2, 0.25) is 0 Å². The number of nitrogens with one attached hydrogen (secondary N) is 3. The van der Waals surface area contributed by atoms with E-state index in [9.17, 15) is 27.2 Å². The Hall–Kier alpha value is -1.40. The molecule has 2 atom stereocenters. The molecule has 202 valence electrons. The quantitative estimate of drug-likeness (QED) is 0.261. The normalized spacial score (nSPS) is 19.6.